The Kier molecular flexibility index (Phi) is 10.7. The second-order valence-electron chi connectivity index (χ2n) is 12.9. The number of rotatable bonds is 14. The van der Waals surface area contributed by atoms with Gasteiger partial charge in [-0.15, -0.1) is 0 Å². The third kappa shape index (κ3) is 6.87. The molecule has 0 spiro atoms. The molecule has 0 bridgehead atoms. The lowest BCUT2D eigenvalue weighted by Gasteiger charge is -2.27. The van der Waals surface area contributed by atoms with Gasteiger partial charge in [0.25, 0.3) is 0 Å². The van der Waals surface area contributed by atoms with Gasteiger partial charge in [0.1, 0.15) is 0 Å². The van der Waals surface area contributed by atoms with Gasteiger partial charge >= 0.3 is 0 Å². The lowest BCUT2D eigenvalue weighted by Crippen LogP contribution is -2.27. The van der Waals surface area contributed by atoms with E-state index in [0.29, 0.717) is 6.61 Å². The average molecular weight is 720 g/mol. The molecule has 0 radical (unpaired) electrons. The highest BCUT2D eigenvalue weighted by molar-refractivity contribution is 14.1. The summed E-state index contributed by atoms with van der Waals surface area (Å²) >= 11 is 1.74. The Morgan fingerprint density at radius 3 is 2.53 bits per heavy atom. The van der Waals surface area contributed by atoms with Crippen molar-refractivity contribution in [3.63, 3.8) is 0 Å². The van der Waals surface area contributed by atoms with E-state index in [1.165, 1.54) is 44.3 Å². The van der Waals surface area contributed by atoms with Crippen molar-refractivity contribution in [2.24, 2.45) is 7.05 Å². The summed E-state index contributed by atoms with van der Waals surface area (Å²) in [5.74, 6) is 0. The molecule has 0 saturated heterocycles. The number of nitrogens with zero attached hydrogens (tertiary/aromatic N) is 2. The summed E-state index contributed by atoms with van der Waals surface area (Å²) < 4.78 is 6.97. The van der Waals surface area contributed by atoms with Gasteiger partial charge in [0, 0.05) is 71.0 Å². The van der Waals surface area contributed by atoms with E-state index < -0.39 is 0 Å². The molecule has 5 rings (SSSR count). The molecule has 0 aliphatic carbocycles. The predicted molar refractivity (Wildman–Crippen MR) is 197 cm³/mol. The summed E-state index contributed by atoms with van der Waals surface area (Å²) in [4.78, 5) is 7.40. The molecule has 2 heterocycles. The second kappa shape index (κ2) is 14.5. The first kappa shape index (κ1) is 33.3. The zero-order chi connectivity index (χ0) is 32.0. The fourth-order valence-corrected chi connectivity index (χ4v) is 7.02. The van der Waals surface area contributed by atoms with Gasteiger partial charge in [-0.05, 0) is 66.1 Å². The van der Waals surface area contributed by atoms with Gasteiger partial charge in [0.15, 0.2) is 23.0 Å². The van der Waals surface area contributed by atoms with Gasteiger partial charge in [0.2, 0.25) is 0 Å². The number of aliphatic hydroxyl groups excluding tert-OH is 1. The number of halogens is 1. The van der Waals surface area contributed by atoms with E-state index in [1.807, 2.05) is 0 Å². The first-order chi connectivity index (χ1) is 21.7. The Morgan fingerprint density at radius 1 is 0.956 bits per heavy atom. The average Bonchev–Trinajstić information content (AvgIpc) is 3.44. The van der Waals surface area contributed by atoms with Crippen LogP contribution in [0.2, 0.25) is 0 Å². The van der Waals surface area contributed by atoms with Crippen LogP contribution in [-0.2, 0) is 26.0 Å². The van der Waals surface area contributed by atoms with E-state index in [1.54, 1.807) is 23.0 Å². The number of hydrogen-bond donors (Lipinski definition) is 2. The van der Waals surface area contributed by atoms with Crippen LogP contribution in [0.4, 0.5) is 11.4 Å². The van der Waals surface area contributed by atoms with Crippen LogP contribution < -0.4 is 10.2 Å². The van der Waals surface area contributed by atoms with Crippen molar-refractivity contribution in [3.05, 3.63) is 108 Å². The fourth-order valence-electron chi connectivity index (χ4n) is 6.84. The number of benzene rings is 3. The molecule has 6 nitrogen and oxygen atoms in total. The summed E-state index contributed by atoms with van der Waals surface area (Å²) in [6.07, 6.45) is 13.5. The number of anilines is 2. The highest BCUT2D eigenvalue weighted by Crippen LogP contribution is 2.52. The number of allylic oxidation sites excluding steroid dienone is 6. The van der Waals surface area contributed by atoms with Crippen LogP contribution in [0, 0.1) is 0 Å². The first-order valence-corrected chi connectivity index (χ1v) is 16.8. The van der Waals surface area contributed by atoms with Gasteiger partial charge in [0.05, 0.1) is 6.61 Å². The van der Waals surface area contributed by atoms with E-state index in [2.05, 4.69) is 144 Å². The Bertz CT molecular complexity index is 1720. The summed E-state index contributed by atoms with van der Waals surface area (Å²) in [5.41, 5.74) is 8.60. The molecule has 45 heavy (non-hydrogen) atoms. The minimum atomic E-state index is -0.198. The zero-order valence-corrected chi connectivity index (χ0v) is 29.3. The van der Waals surface area contributed by atoms with E-state index in [4.69, 9.17) is 4.89 Å². The van der Waals surface area contributed by atoms with Crippen LogP contribution in [0.15, 0.2) is 96.7 Å². The predicted octanol–water partition coefficient (Wildman–Crippen LogP) is 9.28. The highest BCUT2D eigenvalue weighted by atomic mass is 127. The number of aliphatic hydroxyl groups is 1. The maximum atomic E-state index is 9.73. The summed E-state index contributed by atoms with van der Waals surface area (Å²) in [5, 5.41) is 15.9. The van der Waals surface area contributed by atoms with Crippen molar-refractivity contribution in [2.45, 2.75) is 57.8 Å². The molecule has 0 atom stereocenters. The third-order valence-electron chi connectivity index (χ3n) is 9.11. The van der Waals surface area contributed by atoms with E-state index in [9.17, 15) is 5.11 Å². The van der Waals surface area contributed by atoms with Crippen LogP contribution in [-0.4, -0.2) is 36.0 Å². The van der Waals surface area contributed by atoms with Gasteiger partial charge in [-0.2, -0.15) is 3.22 Å². The summed E-state index contributed by atoms with van der Waals surface area (Å²) in [7, 11) is 2.16. The molecule has 2 N–H and O–H groups in total. The number of fused-ring (bicyclic) bond motifs is 5. The molecule has 4 aromatic rings. The Hall–Kier alpha value is -3.11. The van der Waals surface area contributed by atoms with Gasteiger partial charge in [-0.25, -0.2) is 4.89 Å². The molecule has 1 aliphatic heterocycles. The Balaban J connectivity index is 1.36. The third-order valence-corrected chi connectivity index (χ3v) is 9.36. The Labute approximate surface area is 282 Å². The number of aryl methyl sites for hydroxylation is 1. The smallest absolute Gasteiger partial charge is 0.155 e. The van der Waals surface area contributed by atoms with Gasteiger partial charge < -0.3 is 19.9 Å². The number of hydrogen-bond acceptors (Lipinski definition) is 5. The van der Waals surface area contributed by atoms with Crippen molar-refractivity contribution in [1.29, 1.82) is 0 Å². The van der Waals surface area contributed by atoms with Gasteiger partial charge in [-0.3, -0.25) is 0 Å². The molecule has 0 fully saturated rings. The van der Waals surface area contributed by atoms with Crippen molar-refractivity contribution in [2.75, 3.05) is 36.5 Å². The number of nitrogens with one attached hydrogen (secondary N) is 1. The lowest BCUT2D eigenvalue weighted by molar-refractivity contribution is -0.165. The van der Waals surface area contributed by atoms with E-state index >= 15 is 0 Å². The van der Waals surface area contributed by atoms with Crippen molar-refractivity contribution in [1.82, 2.24) is 4.57 Å². The zero-order valence-electron chi connectivity index (χ0n) is 27.1. The van der Waals surface area contributed by atoms with Crippen LogP contribution in [0.5, 0.6) is 0 Å². The van der Waals surface area contributed by atoms with Crippen LogP contribution >= 0.6 is 23.0 Å². The van der Waals surface area contributed by atoms with Crippen molar-refractivity contribution < 1.29 is 13.2 Å². The van der Waals surface area contributed by atoms with Crippen LogP contribution in [0.25, 0.3) is 21.8 Å². The topological polar surface area (TPSA) is 58.9 Å². The standard InChI is InChI=1S/C38H46IN3O3/c1-37(2,29-17-10-11-18-30(29)40-24-14-27-44-45-39)23-13-7-6-8-20-34-38(3,4)36-33(42(34)25-15-26-43)22-21-32-35(36)28-16-9-12-19-31(28)41(32)5/h6-13,16-22,40,43H,14-15,23-27H2,1-5H3/b8-6+,13-7+,34-20+. The fraction of sp³-hybridized carbons (Fsp3) is 0.368. The molecular weight excluding hydrogens is 673 g/mol. The SMILES string of the molecule is Cn1c2ccccc2c2c3c(ccc21)N(CCCO)/C(=C/C=C/C=C/CC(C)(C)c1ccccc1NCCCOOI)C3(C)C. The van der Waals surface area contributed by atoms with Crippen molar-refractivity contribution in [3.8, 4) is 0 Å². The summed E-state index contributed by atoms with van der Waals surface area (Å²) in [6.45, 7) is 11.6. The number of para-hydroxylation sites is 2. The lowest BCUT2D eigenvalue weighted by atomic mass is 9.80. The van der Waals surface area contributed by atoms with Crippen LogP contribution in [0.3, 0.4) is 0 Å². The maximum Gasteiger partial charge on any atom is 0.155 e. The van der Waals surface area contributed by atoms with E-state index in [-0.39, 0.29) is 17.4 Å². The molecule has 0 unspecified atom stereocenters. The Morgan fingerprint density at radius 2 is 1.73 bits per heavy atom. The quantitative estimate of drug-likeness (QED) is 0.0448. The molecule has 3 aromatic carbocycles. The maximum absolute atomic E-state index is 9.73. The molecule has 7 heteroatoms. The molecule has 1 aromatic heterocycles. The summed E-state index contributed by atoms with van der Waals surface area (Å²) in [6, 6.07) is 21.8. The van der Waals surface area contributed by atoms with E-state index in [0.717, 1.165) is 38.0 Å². The second-order valence-corrected chi connectivity index (χ2v) is 13.3. The molecule has 0 amide bonds. The normalized spacial score (nSPS) is 15.8. The highest BCUT2D eigenvalue weighted by Gasteiger charge is 2.41. The molecular formula is C38H46IN3O3. The minimum Gasteiger partial charge on any atom is -0.396 e. The molecule has 238 valence electrons. The number of aromatic nitrogens is 1. The molecule has 0 saturated carbocycles. The van der Waals surface area contributed by atoms with Crippen LogP contribution in [0.1, 0.15) is 58.1 Å². The monoisotopic (exact) mass is 719 g/mol. The molecule has 1 aliphatic rings. The largest absolute Gasteiger partial charge is 0.396 e. The minimum absolute atomic E-state index is 0.0335. The first-order valence-electron chi connectivity index (χ1n) is 15.9. The van der Waals surface area contributed by atoms with Crippen molar-refractivity contribution >= 4 is 56.2 Å². The van der Waals surface area contributed by atoms with Gasteiger partial charge in [-0.1, -0.05) is 88.4 Å².